The van der Waals surface area contributed by atoms with Crippen LogP contribution in [0.2, 0.25) is 0 Å². The van der Waals surface area contributed by atoms with E-state index in [1.165, 1.54) is 0 Å². The molecule has 2 rings (SSSR count). The van der Waals surface area contributed by atoms with E-state index in [1.807, 2.05) is 24.3 Å². The van der Waals surface area contributed by atoms with E-state index in [9.17, 15) is 9.90 Å². The number of nitrogens with zero attached hydrogens (tertiary/aromatic N) is 1. The van der Waals surface area contributed by atoms with Gasteiger partial charge in [0.25, 0.3) is 5.91 Å². The largest absolute Gasteiger partial charge is 0.391 e. The standard InChI is InChI=1S/C14H20N2O2/c1-2-8-15-13-6-4-3-5-12(13)14(18)16-9-7-11(17)10-16/h3-6,11,15,17H,2,7-10H2,1H3/t11-/m0/s1. The Balaban J connectivity index is 2.14. The molecule has 1 heterocycles. The van der Waals surface area contributed by atoms with Crippen molar-refractivity contribution < 1.29 is 9.90 Å². The maximum Gasteiger partial charge on any atom is 0.256 e. The van der Waals surface area contributed by atoms with Crippen molar-refractivity contribution in [1.82, 2.24) is 4.90 Å². The van der Waals surface area contributed by atoms with Crippen molar-refractivity contribution in [2.75, 3.05) is 25.0 Å². The summed E-state index contributed by atoms with van der Waals surface area (Å²) in [6.07, 6.45) is 1.33. The summed E-state index contributed by atoms with van der Waals surface area (Å²) >= 11 is 0. The quantitative estimate of drug-likeness (QED) is 0.853. The van der Waals surface area contributed by atoms with E-state index >= 15 is 0 Å². The number of aliphatic hydroxyl groups excluding tert-OH is 1. The lowest BCUT2D eigenvalue weighted by molar-refractivity contribution is 0.0766. The smallest absolute Gasteiger partial charge is 0.256 e. The predicted molar refractivity (Wildman–Crippen MR) is 71.8 cm³/mol. The highest BCUT2D eigenvalue weighted by Gasteiger charge is 2.26. The first-order chi connectivity index (χ1) is 8.72. The van der Waals surface area contributed by atoms with E-state index in [0.29, 0.717) is 25.1 Å². The van der Waals surface area contributed by atoms with Crippen LogP contribution in [0.1, 0.15) is 30.1 Å². The molecule has 0 unspecified atom stereocenters. The van der Waals surface area contributed by atoms with Crippen LogP contribution in [0.15, 0.2) is 24.3 Å². The molecule has 1 aliphatic rings. The highest BCUT2D eigenvalue weighted by atomic mass is 16.3. The lowest BCUT2D eigenvalue weighted by Gasteiger charge is -2.18. The molecule has 1 aliphatic heterocycles. The van der Waals surface area contributed by atoms with Crippen LogP contribution in [0.25, 0.3) is 0 Å². The normalized spacial score (nSPS) is 19.0. The Labute approximate surface area is 108 Å². The second-order valence-corrected chi connectivity index (χ2v) is 4.67. The van der Waals surface area contributed by atoms with E-state index in [0.717, 1.165) is 18.7 Å². The highest BCUT2D eigenvalue weighted by Crippen LogP contribution is 2.20. The van der Waals surface area contributed by atoms with Crippen LogP contribution in [-0.4, -0.2) is 41.7 Å². The molecule has 2 N–H and O–H groups in total. The topological polar surface area (TPSA) is 52.6 Å². The molecule has 1 aromatic carbocycles. The molecule has 0 radical (unpaired) electrons. The number of hydrogen-bond donors (Lipinski definition) is 2. The molecular formula is C14H20N2O2. The first-order valence-electron chi connectivity index (χ1n) is 6.52. The van der Waals surface area contributed by atoms with Gasteiger partial charge in [0, 0.05) is 25.3 Å². The van der Waals surface area contributed by atoms with Gasteiger partial charge in [-0.25, -0.2) is 0 Å². The molecule has 1 aromatic rings. The van der Waals surface area contributed by atoms with Crippen LogP contribution in [0.3, 0.4) is 0 Å². The number of amides is 1. The fraction of sp³-hybridized carbons (Fsp3) is 0.500. The number of carbonyl (C=O) groups is 1. The summed E-state index contributed by atoms with van der Waals surface area (Å²) < 4.78 is 0. The third-order valence-corrected chi connectivity index (χ3v) is 3.17. The van der Waals surface area contributed by atoms with Gasteiger partial charge in [-0.15, -0.1) is 0 Å². The SMILES string of the molecule is CCCNc1ccccc1C(=O)N1CC[C@H](O)C1. The molecule has 0 spiro atoms. The second kappa shape index (κ2) is 5.87. The molecule has 1 saturated heterocycles. The van der Waals surface area contributed by atoms with Crippen molar-refractivity contribution in [2.45, 2.75) is 25.9 Å². The molecular weight excluding hydrogens is 228 g/mol. The number of hydrogen-bond acceptors (Lipinski definition) is 3. The maximum atomic E-state index is 12.4. The van der Waals surface area contributed by atoms with Crippen molar-refractivity contribution >= 4 is 11.6 Å². The summed E-state index contributed by atoms with van der Waals surface area (Å²) in [6, 6.07) is 7.56. The summed E-state index contributed by atoms with van der Waals surface area (Å²) in [5, 5.41) is 12.8. The molecule has 18 heavy (non-hydrogen) atoms. The average Bonchev–Trinajstić information content (AvgIpc) is 2.82. The molecule has 98 valence electrons. The van der Waals surface area contributed by atoms with E-state index in [-0.39, 0.29) is 12.0 Å². The highest BCUT2D eigenvalue weighted by molar-refractivity contribution is 5.99. The fourth-order valence-corrected chi connectivity index (χ4v) is 2.18. The monoisotopic (exact) mass is 248 g/mol. The number of para-hydroxylation sites is 1. The van der Waals surface area contributed by atoms with Crippen LogP contribution in [-0.2, 0) is 0 Å². The fourth-order valence-electron chi connectivity index (χ4n) is 2.18. The van der Waals surface area contributed by atoms with Crippen molar-refractivity contribution in [1.29, 1.82) is 0 Å². The van der Waals surface area contributed by atoms with E-state index in [4.69, 9.17) is 0 Å². The Morgan fingerprint density at radius 3 is 2.94 bits per heavy atom. The van der Waals surface area contributed by atoms with Gasteiger partial charge in [-0.1, -0.05) is 19.1 Å². The second-order valence-electron chi connectivity index (χ2n) is 4.67. The zero-order valence-electron chi connectivity index (χ0n) is 10.7. The molecule has 4 heteroatoms. The minimum Gasteiger partial charge on any atom is -0.391 e. The van der Waals surface area contributed by atoms with E-state index < -0.39 is 0 Å². The van der Waals surface area contributed by atoms with Gasteiger partial charge >= 0.3 is 0 Å². The Morgan fingerprint density at radius 2 is 2.28 bits per heavy atom. The minimum absolute atomic E-state index is 0.00533. The zero-order valence-corrected chi connectivity index (χ0v) is 10.7. The molecule has 4 nitrogen and oxygen atoms in total. The lowest BCUT2D eigenvalue weighted by Crippen LogP contribution is -2.30. The molecule has 0 aromatic heterocycles. The summed E-state index contributed by atoms with van der Waals surface area (Å²) in [4.78, 5) is 14.1. The first-order valence-corrected chi connectivity index (χ1v) is 6.52. The van der Waals surface area contributed by atoms with Crippen molar-refractivity contribution in [3.8, 4) is 0 Å². The summed E-state index contributed by atoms with van der Waals surface area (Å²) in [7, 11) is 0. The van der Waals surface area contributed by atoms with Crippen molar-refractivity contribution in [2.24, 2.45) is 0 Å². The van der Waals surface area contributed by atoms with E-state index in [1.54, 1.807) is 4.90 Å². The Hall–Kier alpha value is -1.55. The molecule has 0 bridgehead atoms. The molecule has 1 amide bonds. The van der Waals surface area contributed by atoms with Gasteiger partial charge in [-0.2, -0.15) is 0 Å². The van der Waals surface area contributed by atoms with Gasteiger partial charge in [-0.05, 0) is 25.0 Å². The van der Waals surface area contributed by atoms with Crippen LogP contribution >= 0.6 is 0 Å². The van der Waals surface area contributed by atoms with Gasteiger partial charge in [0.1, 0.15) is 0 Å². The van der Waals surface area contributed by atoms with Crippen LogP contribution in [0.5, 0.6) is 0 Å². The number of nitrogens with one attached hydrogen (secondary N) is 1. The summed E-state index contributed by atoms with van der Waals surface area (Å²) in [6.45, 7) is 4.03. The molecule has 1 atom stereocenters. The third-order valence-electron chi connectivity index (χ3n) is 3.17. The van der Waals surface area contributed by atoms with Gasteiger partial charge in [0.2, 0.25) is 0 Å². The number of anilines is 1. The summed E-state index contributed by atoms with van der Waals surface area (Å²) in [5.41, 5.74) is 1.57. The predicted octanol–water partition coefficient (Wildman–Crippen LogP) is 1.72. The molecule has 0 aliphatic carbocycles. The number of β-amino-alcohol motifs (C(OH)–C–C–N with tert-alkyl or cyclic N) is 1. The van der Waals surface area contributed by atoms with Crippen LogP contribution < -0.4 is 5.32 Å². The number of aliphatic hydroxyl groups is 1. The van der Waals surface area contributed by atoms with Crippen molar-refractivity contribution in [3.63, 3.8) is 0 Å². The first kappa shape index (κ1) is 12.9. The molecule has 1 fully saturated rings. The number of likely N-dealkylation sites (tertiary alicyclic amines) is 1. The van der Waals surface area contributed by atoms with Gasteiger partial charge < -0.3 is 15.3 Å². The van der Waals surface area contributed by atoms with Crippen LogP contribution in [0.4, 0.5) is 5.69 Å². The van der Waals surface area contributed by atoms with Crippen LogP contribution in [0, 0.1) is 0 Å². The maximum absolute atomic E-state index is 12.4. The van der Waals surface area contributed by atoms with Gasteiger partial charge in [-0.3, -0.25) is 4.79 Å². The van der Waals surface area contributed by atoms with Gasteiger partial charge in [0.05, 0.1) is 11.7 Å². The zero-order chi connectivity index (χ0) is 13.0. The van der Waals surface area contributed by atoms with Gasteiger partial charge in [0.15, 0.2) is 0 Å². The minimum atomic E-state index is -0.371. The van der Waals surface area contributed by atoms with E-state index in [2.05, 4.69) is 12.2 Å². The number of benzene rings is 1. The lowest BCUT2D eigenvalue weighted by atomic mass is 10.1. The summed E-state index contributed by atoms with van der Waals surface area (Å²) in [5.74, 6) is 0.00533. The Kier molecular flexibility index (Phi) is 4.20. The average molecular weight is 248 g/mol. The number of carbonyl (C=O) groups excluding carboxylic acids is 1. The Morgan fingerprint density at radius 1 is 1.50 bits per heavy atom. The third kappa shape index (κ3) is 2.82. The molecule has 0 saturated carbocycles. The Bertz CT molecular complexity index is 420. The van der Waals surface area contributed by atoms with Crippen molar-refractivity contribution in [3.05, 3.63) is 29.8 Å². The number of rotatable bonds is 4.